The fourth-order valence-corrected chi connectivity index (χ4v) is 1.20. The molecular formula is C9H8O4S. The van der Waals surface area contributed by atoms with Crippen LogP contribution in [0.2, 0.25) is 0 Å². The number of carbonyl (C=O) groups excluding carboxylic acids is 1. The summed E-state index contributed by atoms with van der Waals surface area (Å²) < 4.78 is 4.45. The van der Waals surface area contributed by atoms with E-state index in [2.05, 4.69) is 17.4 Å². The van der Waals surface area contributed by atoms with E-state index in [0.717, 1.165) is 0 Å². The first-order valence-electron chi connectivity index (χ1n) is 3.71. The van der Waals surface area contributed by atoms with Crippen LogP contribution in [-0.2, 0) is 4.74 Å². The van der Waals surface area contributed by atoms with E-state index in [1.54, 1.807) is 0 Å². The Morgan fingerprint density at radius 2 is 2.00 bits per heavy atom. The van der Waals surface area contributed by atoms with Gasteiger partial charge in [0.2, 0.25) is 0 Å². The predicted octanol–water partition coefficient (Wildman–Crippen LogP) is 1.46. The summed E-state index contributed by atoms with van der Waals surface area (Å²) >= 11 is 4.00. The largest absolute Gasteiger partial charge is 0.478 e. The molecule has 0 fully saturated rings. The number of carboxylic acids is 1. The smallest absolute Gasteiger partial charge is 0.338 e. The van der Waals surface area contributed by atoms with Crippen LogP contribution in [0.4, 0.5) is 0 Å². The van der Waals surface area contributed by atoms with Gasteiger partial charge < -0.3 is 9.84 Å². The molecule has 74 valence electrons. The van der Waals surface area contributed by atoms with Gasteiger partial charge in [0, 0.05) is 4.90 Å². The van der Waals surface area contributed by atoms with Crippen molar-refractivity contribution in [3.63, 3.8) is 0 Å². The Kier molecular flexibility index (Phi) is 3.14. The Hall–Kier alpha value is -1.49. The lowest BCUT2D eigenvalue weighted by Gasteiger charge is -2.04. The maximum absolute atomic E-state index is 11.2. The summed E-state index contributed by atoms with van der Waals surface area (Å²) in [5, 5.41) is 8.77. The molecule has 0 radical (unpaired) electrons. The lowest BCUT2D eigenvalue weighted by atomic mass is 10.1. The van der Waals surface area contributed by atoms with Crippen molar-refractivity contribution in [1.82, 2.24) is 0 Å². The fourth-order valence-electron chi connectivity index (χ4n) is 0.998. The van der Waals surface area contributed by atoms with Gasteiger partial charge in [-0.3, -0.25) is 0 Å². The van der Waals surface area contributed by atoms with Gasteiger partial charge in [0.05, 0.1) is 18.2 Å². The van der Waals surface area contributed by atoms with Crippen LogP contribution >= 0.6 is 12.6 Å². The zero-order valence-electron chi connectivity index (χ0n) is 7.35. The summed E-state index contributed by atoms with van der Waals surface area (Å²) in [6.45, 7) is 0. The zero-order valence-corrected chi connectivity index (χ0v) is 8.25. The Morgan fingerprint density at radius 3 is 2.50 bits per heavy atom. The molecule has 1 rings (SSSR count). The van der Waals surface area contributed by atoms with Crippen LogP contribution < -0.4 is 0 Å². The fraction of sp³-hybridized carbons (Fsp3) is 0.111. The Labute approximate surface area is 85.9 Å². The molecule has 0 saturated heterocycles. The van der Waals surface area contributed by atoms with Gasteiger partial charge in [0.1, 0.15) is 0 Å². The molecular weight excluding hydrogens is 204 g/mol. The van der Waals surface area contributed by atoms with Crippen molar-refractivity contribution in [3.8, 4) is 0 Å². The van der Waals surface area contributed by atoms with Crippen LogP contribution in [0.3, 0.4) is 0 Å². The number of ether oxygens (including phenoxy) is 1. The molecule has 1 N–H and O–H groups in total. The molecule has 0 aliphatic carbocycles. The SMILES string of the molecule is COC(=O)c1cc(S)ccc1C(=O)O. The van der Waals surface area contributed by atoms with E-state index in [-0.39, 0.29) is 11.1 Å². The average Bonchev–Trinajstić information content (AvgIpc) is 2.16. The topological polar surface area (TPSA) is 63.6 Å². The highest BCUT2D eigenvalue weighted by Gasteiger charge is 2.16. The second kappa shape index (κ2) is 4.15. The summed E-state index contributed by atoms with van der Waals surface area (Å²) in [7, 11) is 1.19. The average molecular weight is 212 g/mol. The van der Waals surface area contributed by atoms with Crippen LogP contribution in [-0.4, -0.2) is 24.2 Å². The van der Waals surface area contributed by atoms with Crippen LogP contribution in [0.5, 0.6) is 0 Å². The number of thiol groups is 1. The molecule has 0 atom stereocenters. The summed E-state index contributed by atoms with van der Waals surface area (Å²) in [6, 6.07) is 4.17. The normalized spacial score (nSPS) is 9.57. The minimum absolute atomic E-state index is 0.00694. The Bertz CT molecular complexity index is 386. The first kappa shape index (κ1) is 10.6. The molecule has 0 spiro atoms. The van der Waals surface area contributed by atoms with Crippen molar-refractivity contribution in [2.45, 2.75) is 4.90 Å². The summed E-state index contributed by atoms with van der Waals surface area (Å²) in [5.74, 6) is -1.85. The molecule has 0 unspecified atom stereocenters. The van der Waals surface area contributed by atoms with Crippen LogP contribution in [0.1, 0.15) is 20.7 Å². The highest BCUT2D eigenvalue weighted by atomic mass is 32.1. The molecule has 0 saturated carbocycles. The third-order valence-electron chi connectivity index (χ3n) is 1.64. The number of hydrogen-bond donors (Lipinski definition) is 2. The quantitative estimate of drug-likeness (QED) is 0.575. The number of esters is 1. The summed E-state index contributed by atoms with van der Waals surface area (Å²) in [5.41, 5.74) is -0.0813. The molecule has 0 aliphatic heterocycles. The first-order chi connectivity index (χ1) is 6.56. The third-order valence-corrected chi connectivity index (χ3v) is 1.92. The highest BCUT2D eigenvalue weighted by molar-refractivity contribution is 7.80. The van der Waals surface area contributed by atoms with E-state index in [9.17, 15) is 9.59 Å². The van der Waals surface area contributed by atoms with Crippen molar-refractivity contribution >= 4 is 24.6 Å². The zero-order chi connectivity index (χ0) is 10.7. The lowest BCUT2D eigenvalue weighted by Crippen LogP contribution is -2.09. The van der Waals surface area contributed by atoms with E-state index in [1.807, 2.05) is 0 Å². The van der Waals surface area contributed by atoms with Gasteiger partial charge in [0.25, 0.3) is 0 Å². The lowest BCUT2D eigenvalue weighted by molar-refractivity contribution is 0.0582. The first-order valence-corrected chi connectivity index (χ1v) is 4.15. The molecule has 0 amide bonds. The second-order valence-corrected chi connectivity index (χ2v) is 3.04. The number of carboxylic acid groups (broad SMARTS) is 1. The number of aromatic carboxylic acids is 1. The molecule has 0 bridgehead atoms. The monoisotopic (exact) mass is 212 g/mol. The Morgan fingerprint density at radius 1 is 1.36 bits per heavy atom. The molecule has 0 aliphatic rings. The number of hydrogen-bond acceptors (Lipinski definition) is 4. The van der Waals surface area contributed by atoms with Gasteiger partial charge >= 0.3 is 11.9 Å². The maximum atomic E-state index is 11.2. The van der Waals surface area contributed by atoms with E-state index in [1.165, 1.54) is 25.3 Å². The van der Waals surface area contributed by atoms with Crippen molar-refractivity contribution in [1.29, 1.82) is 0 Å². The summed E-state index contributed by atoms with van der Waals surface area (Å²) in [4.78, 5) is 22.4. The second-order valence-electron chi connectivity index (χ2n) is 2.53. The van der Waals surface area contributed by atoms with Crippen LogP contribution in [0.15, 0.2) is 23.1 Å². The molecule has 4 nitrogen and oxygen atoms in total. The third kappa shape index (κ3) is 2.05. The van der Waals surface area contributed by atoms with E-state index in [4.69, 9.17) is 5.11 Å². The van der Waals surface area contributed by atoms with Gasteiger partial charge in [-0.2, -0.15) is 0 Å². The van der Waals surface area contributed by atoms with Gasteiger partial charge in [-0.1, -0.05) is 0 Å². The van der Waals surface area contributed by atoms with Gasteiger partial charge in [0.15, 0.2) is 0 Å². The van der Waals surface area contributed by atoms with Crippen LogP contribution in [0.25, 0.3) is 0 Å². The number of benzene rings is 1. The maximum Gasteiger partial charge on any atom is 0.338 e. The predicted molar refractivity (Wildman–Crippen MR) is 52.0 cm³/mol. The Balaban J connectivity index is 3.29. The number of rotatable bonds is 2. The van der Waals surface area contributed by atoms with Gasteiger partial charge in [-0.05, 0) is 18.2 Å². The number of methoxy groups -OCH3 is 1. The summed E-state index contributed by atoms with van der Waals surface area (Å²) in [6.07, 6.45) is 0. The minimum Gasteiger partial charge on any atom is -0.478 e. The van der Waals surface area contributed by atoms with E-state index in [0.29, 0.717) is 4.90 Å². The van der Waals surface area contributed by atoms with Gasteiger partial charge in [-0.25, -0.2) is 9.59 Å². The van der Waals surface area contributed by atoms with E-state index < -0.39 is 11.9 Å². The van der Waals surface area contributed by atoms with Crippen molar-refractivity contribution in [2.75, 3.05) is 7.11 Å². The van der Waals surface area contributed by atoms with Crippen molar-refractivity contribution in [3.05, 3.63) is 29.3 Å². The van der Waals surface area contributed by atoms with Gasteiger partial charge in [-0.15, -0.1) is 12.6 Å². The number of carbonyl (C=O) groups is 2. The standard InChI is InChI=1S/C9H8O4S/c1-13-9(12)7-4-5(14)2-3-6(7)8(10)11/h2-4,14H,1H3,(H,10,11). The highest BCUT2D eigenvalue weighted by Crippen LogP contribution is 2.15. The molecule has 1 aromatic rings. The van der Waals surface area contributed by atoms with E-state index >= 15 is 0 Å². The molecule has 14 heavy (non-hydrogen) atoms. The molecule has 0 aromatic heterocycles. The molecule has 0 heterocycles. The van der Waals surface area contributed by atoms with Crippen LogP contribution in [0, 0.1) is 0 Å². The minimum atomic E-state index is -1.17. The molecule has 1 aromatic carbocycles. The van der Waals surface area contributed by atoms with Crippen molar-refractivity contribution in [2.24, 2.45) is 0 Å². The van der Waals surface area contributed by atoms with Crippen molar-refractivity contribution < 1.29 is 19.4 Å². The molecule has 5 heteroatoms.